The molecule has 5 rings (SSSR count). The van der Waals surface area contributed by atoms with Gasteiger partial charge in [0, 0.05) is 6.61 Å². The number of fused-ring (bicyclic) bond motifs is 7. The van der Waals surface area contributed by atoms with E-state index in [4.69, 9.17) is 0 Å². The molecular weight excluding hydrogens is 408 g/mol. The lowest BCUT2D eigenvalue weighted by Gasteiger charge is -2.70. The van der Waals surface area contributed by atoms with Crippen LogP contribution >= 0.6 is 0 Å². The Bertz CT molecular complexity index is 861. The highest BCUT2D eigenvalue weighted by atomic mass is 16.4. The SMILES string of the molecule is CC(C)[C@@H]1CC[C@]2(C(=O)O)CC[C@]3(C)C(=CC[C@@H]4[C@@]5(C)CCCC(C)(CO)[C@@H]5CC[C@]43C)[C@@H]12. The number of hydrogen-bond acceptors (Lipinski definition) is 2. The predicted molar refractivity (Wildman–Crippen MR) is 133 cm³/mol. The van der Waals surface area contributed by atoms with Crippen LogP contribution in [0.15, 0.2) is 11.6 Å². The summed E-state index contributed by atoms with van der Waals surface area (Å²) in [4.78, 5) is 12.8. The minimum Gasteiger partial charge on any atom is -0.481 e. The number of aliphatic hydroxyl groups excluding tert-OH is 1. The number of aliphatic hydroxyl groups is 1. The molecule has 0 amide bonds. The Labute approximate surface area is 201 Å². The van der Waals surface area contributed by atoms with Gasteiger partial charge in [-0.3, -0.25) is 4.79 Å². The largest absolute Gasteiger partial charge is 0.481 e. The molecule has 3 heteroatoms. The zero-order valence-corrected chi connectivity index (χ0v) is 22.0. The summed E-state index contributed by atoms with van der Waals surface area (Å²) in [5.41, 5.74) is 1.63. The maximum atomic E-state index is 12.8. The van der Waals surface area contributed by atoms with E-state index < -0.39 is 11.4 Å². The van der Waals surface area contributed by atoms with Gasteiger partial charge in [-0.1, -0.05) is 59.6 Å². The highest BCUT2D eigenvalue weighted by molar-refractivity contribution is 5.77. The van der Waals surface area contributed by atoms with E-state index in [2.05, 4.69) is 47.6 Å². The van der Waals surface area contributed by atoms with E-state index in [1.807, 2.05) is 0 Å². The van der Waals surface area contributed by atoms with Gasteiger partial charge in [-0.15, -0.1) is 0 Å². The van der Waals surface area contributed by atoms with Crippen LogP contribution in [0.1, 0.15) is 106 Å². The first-order chi connectivity index (χ1) is 15.4. The second-order valence-corrected chi connectivity index (χ2v) is 14.3. The summed E-state index contributed by atoms with van der Waals surface area (Å²) in [7, 11) is 0. The van der Waals surface area contributed by atoms with Crippen molar-refractivity contribution in [2.24, 2.45) is 56.7 Å². The Balaban J connectivity index is 1.61. The first kappa shape index (κ1) is 23.9. The van der Waals surface area contributed by atoms with Crippen LogP contribution in [0, 0.1) is 56.7 Å². The molecule has 4 fully saturated rings. The van der Waals surface area contributed by atoms with Gasteiger partial charge in [0.05, 0.1) is 5.41 Å². The molecule has 0 aliphatic heterocycles. The van der Waals surface area contributed by atoms with Crippen molar-refractivity contribution in [1.82, 2.24) is 0 Å². The average Bonchev–Trinajstić information content (AvgIpc) is 3.15. The number of carbonyl (C=O) groups is 1. The van der Waals surface area contributed by atoms with Gasteiger partial charge in [0.1, 0.15) is 0 Å². The van der Waals surface area contributed by atoms with Crippen LogP contribution in [0.4, 0.5) is 0 Å². The molecule has 0 radical (unpaired) electrons. The highest BCUT2D eigenvalue weighted by Crippen LogP contribution is 2.76. The molecule has 2 N–H and O–H groups in total. The number of allylic oxidation sites excluding steroid dienone is 2. The van der Waals surface area contributed by atoms with E-state index in [1.54, 1.807) is 0 Å². The van der Waals surface area contributed by atoms with E-state index >= 15 is 0 Å². The molecule has 0 aromatic rings. The van der Waals surface area contributed by atoms with Crippen molar-refractivity contribution in [2.75, 3.05) is 6.61 Å². The molecule has 186 valence electrons. The first-order valence-corrected chi connectivity index (χ1v) is 13.9. The van der Waals surface area contributed by atoms with Crippen LogP contribution in [-0.2, 0) is 4.79 Å². The Hall–Kier alpha value is -0.830. The summed E-state index contributed by atoms with van der Waals surface area (Å²) in [5, 5.41) is 20.9. The van der Waals surface area contributed by atoms with Crippen molar-refractivity contribution in [3.8, 4) is 0 Å². The van der Waals surface area contributed by atoms with Gasteiger partial charge < -0.3 is 10.2 Å². The van der Waals surface area contributed by atoms with Crippen LogP contribution in [0.5, 0.6) is 0 Å². The van der Waals surface area contributed by atoms with Gasteiger partial charge in [0.25, 0.3) is 0 Å². The summed E-state index contributed by atoms with van der Waals surface area (Å²) in [6, 6.07) is 0. The summed E-state index contributed by atoms with van der Waals surface area (Å²) >= 11 is 0. The van der Waals surface area contributed by atoms with Crippen molar-refractivity contribution in [2.45, 2.75) is 106 Å². The van der Waals surface area contributed by atoms with Crippen LogP contribution in [-0.4, -0.2) is 22.8 Å². The molecule has 0 bridgehead atoms. The smallest absolute Gasteiger partial charge is 0.310 e. The molecule has 0 aromatic heterocycles. The Kier molecular flexibility index (Phi) is 5.31. The van der Waals surface area contributed by atoms with Crippen LogP contribution in [0.2, 0.25) is 0 Å². The van der Waals surface area contributed by atoms with Gasteiger partial charge >= 0.3 is 5.97 Å². The maximum Gasteiger partial charge on any atom is 0.310 e. The zero-order valence-electron chi connectivity index (χ0n) is 22.0. The van der Waals surface area contributed by atoms with Crippen LogP contribution in [0.25, 0.3) is 0 Å². The predicted octanol–water partition coefficient (Wildman–Crippen LogP) is 7.09. The second kappa shape index (κ2) is 7.34. The quantitative estimate of drug-likeness (QED) is 0.446. The number of carboxylic acids is 1. The fraction of sp³-hybridized carbons (Fsp3) is 0.900. The Morgan fingerprint density at radius 1 is 1.00 bits per heavy atom. The van der Waals surface area contributed by atoms with E-state index in [0.29, 0.717) is 30.3 Å². The fourth-order valence-corrected chi connectivity index (χ4v) is 11.0. The normalized spacial score (nSPS) is 53.5. The van der Waals surface area contributed by atoms with E-state index in [-0.39, 0.29) is 27.6 Å². The third-order valence-electron chi connectivity index (χ3n) is 13.1. The summed E-state index contributed by atoms with van der Waals surface area (Å²) < 4.78 is 0. The molecule has 4 saturated carbocycles. The summed E-state index contributed by atoms with van der Waals surface area (Å²) in [6.45, 7) is 15.0. The van der Waals surface area contributed by atoms with Gasteiger partial charge in [-0.25, -0.2) is 0 Å². The van der Waals surface area contributed by atoms with Gasteiger partial charge in [0.2, 0.25) is 0 Å². The van der Waals surface area contributed by atoms with Gasteiger partial charge in [-0.05, 0) is 109 Å². The Morgan fingerprint density at radius 3 is 2.36 bits per heavy atom. The standard InChI is InChI=1S/C30H48O3/c1-19(2)20-10-15-30(25(32)33)17-16-28(5)21(24(20)30)8-9-23-27(4)13-7-12-26(3,18-31)22(27)11-14-29(23,28)6/h8,19-20,22-24,31H,7,9-18H2,1-6H3,(H,32,33)/t20-,22-,23+,24+,26?,27-,28+,29+,30-/m0/s1. The molecule has 3 nitrogen and oxygen atoms in total. The van der Waals surface area contributed by atoms with Crippen molar-refractivity contribution >= 4 is 5.97 Å². The zero-order chi connectivity index (χ0) is 24.0. The highest BCUT2D eigenvalue weighted by Gasteiger charge is 2.69. The molecule has 33 heavy (non-hydrogen) atoms. The molecule has 0 spiro atoms. The minimum absolute atomic E-state index is 0.0540. The first-order valence-electron chi connectivity index (χ1n) is 13.9. The summed E-state index contributed by atoms with van der Waals surface area (Å²) in [5.74, 6) is 1.92. The monoisotopic (exact) mass is 456 g/mol. The molecule has 9 atom stereocenters. The third kappa shape index (κ3) is 2.81. The number of carboxylic acid groups (broad SMARTS) is 1. The van der Waals surface area contributed by atoms with Gasteiger partial charge in [0.15, 0.2) is 0 Å². The number of rotatable bonds is 3. The van der Waals surface area contributed by atoms with Crippen molar-refractivity contribution < 1.29 is 15.0 Å². The van der Waals surface area contributed by atoms with E-state index in [1.165, 1.54) is 31.3 Å². The third-order valence-corrected chi connectivity index (χ3v) is 13.1. The molecule has 0 saturated heterocycles. The van der Waals surface area contributed by atoms with E-state index in [9.17, 15) is 15.0 Å². The number of hydrogen-bond donors (Lipinski definition) is 2. The fourth-order valence-electron chi connectivity index (χ4n) is 11.0. The minimum atomic E-state index is -0.537. The van der Waals surface area contributed by atoms with Crippen molar-refractivity contribution in [3.63, 3.8) is 0 Å². The molecule has 0 aromatic carbocycles. The lowest BCUT2D eigenvalue weighted by Crippen LogP contribution is -2.63. The van der Waals surface area contributed by atoms with Crippen molar-refractivity contribution in [1.29, 1.82) is 0 Å². The van der Waals surface area contributed by atoms with Crippen LogP contribution in [0.3, 0.4) is 0 Å². The second-order valence-electron chi connectivity index (χ2n) is 14.3. The molecule has 5 aliphatic carbocycles. The lowest BCUT2D eigenvalue weighted by atomic mass is 9.34. The molecule has 1 unspecified atom stereocenters. The topological polar surface area (TPSA) is 57.5 Å². The molecular formula is C30H48O3. The maximum absolute atomic E-state index is 12.8. The van der Waals surface area contributed by atoms with E-state index in [0.717, 1.165) is 38.5 Å². The number of aliphatic carboxylic acids is 1. The van der Waals surface area contributed by atoms with Crippen molar-refractivity contribution in [3.05, 3.63) is 11.6 Å². The van der Waals surface area contributed by atoms with Crippen LogP contribution < -0.4 is 0 Å². The molecule has 5 aliphatic rings. The lowest BCUT2D eigenvalue weighted by molar-refractivity contribution is -0.189. The average molecular weight is 457 g/mol. The molecule has 0 heterocycles. The van der Waals surface area contributed by atoms with Gasteiger partial charge in [-0.2, -0.15) is 0 Å². The Morgan fingerprint density at radius 2 is 1.73 bits per heavy atom. The summed E-state index contributed by atoms with van der Waals surface area (Å²) in [6.07, 6.45) is 13.6.